The summed E-state index contributed by atoms with van der Waals surface area (Å²) in [6.45, 7) is 6.97. The summed E-state index contributed by atoms with van der Waals surface area (Å²) in [5, 5.41) is 9.79. The highest BCUT2D eigenvalue weighted by Gasteiger charge is 2.66. The molecule has 3 aromatic carbocycles. The molecule has 0 unspecified atom stereocenters. The molecule has 3 aliphatic rings. The molecule has 9 nitrogen and oxygen atoms in total. The van der Waals surface area contributed by atoms with E-state index in [-0.39, 0.29) is 37.3 Å². The fraction of sp³-hybridized carbons (Fsp3) is 0.432. The Labute approximate surface area is 277 Å². The first kappa shape index (κ1) is 33.1. The second kappa shape index (κ2) is 13.3. The van der Waals surface area contributed by atoms with Crippen molar-refractivity contribution in [3.8, 4) is 0 Å². The van der Waals surface area contributed by atoms with Gasteiger partial charge in [-0.2, -0.15) is 0 Å². The van der Waals surface area contributed by atoms with E-state index < -0.39 is 31.5 Å². The maximum Gasteiger partial charge on any atom is 0.264 e. The summed E-state index contributed by atoms with van der Waals surface area (Å²) in [5.41, 5.74) is 2.41. The molecule has 248 valence electrons. The van der Waals surface area contributed by atoms with Gasteiger partial charge in [-0.3, -0.25) is 14.4 Å². The molecule has 4 atom stereocenters. The highest BCUT2D eigenvalue weighted by atomic mass is 28.4. The van der Waals surface area contributed by atoms with Gasteiger partial charge in [-0.15, -0.1) is 0 Å². The van der Waals surface area contributed by atoms with Crippen LogP contribution >= 0.6 is 0 Å². The number of piperidine rings is 1. The average molecular weight is 656 g/mol. The van der Waals surface area contributed by atoms with Gasteiger partial charge in [-0.1, -0.05) is 67.6 Å². The molecule has 3 aromatic rings. The van der Waals surface area contributed by atoms with Crippen LogP contribution in [0.1, 0.15) is 49.3 Å². The molecule has 2 fully saturated rings. The lowest BCUT2D eigenvalue weighted by Gasteiger charge is -2.32. The Kier molecular flexibility index (Phi) is 9.40. The normalized spacial score (nSPS) is 24.2. The summed E-state index contributed by atoms with van der Waals surface area (Å²) in [6.07, 6.45) is 1.71. The number of amides is 3. The molecule has 3 aliphatic heterocycles. The third-order valence-corrected chi connectivity index (χ3v) is 12.6. The number of rotatable bonds is 10. The maximum absolute atomic E-state index is 14.8. The van der Waals surface area contributed by atoms with Crippen molar-refractivity contribution < 1.29 is 29.0 Å². The summed E-state index contributed by atoms with van der Waals surface area (Å²) in [5.74, 6) is -0.685. The number of hydrogen-bond donors (Lipinski definition) is 2. The molecule has 47 heavy (non-hydrogen) atoms. The molecule has 1 spiro atoms. The van der Waals surface area contributed by atoms with Crippen molar-refractivity contribution in [3.05, 3.63) is 95.6 Å². The standard InChI is InChI=1S/C37H45N3O6Si/c1-26-35(47(2,3)45)32(23-34(43)38(20-21-41)24-27-12-5-4-6-13-27)46-37(26)30-16-7-8-17-31(30)40(36(37)44)25-28-14-11-15-29(22-28)39-19-10-9-18-33(39)42/h4-8,11-17,22,26,32,35,41,45H,9-10,18-21,23-25H2,1-3H3/t26-,32+,35-,37+/m1/s1. The van der Waals surface area contributed by atoms with Crippen LogP contribution in [-0.4, -0.2) is 66.6 Å². The molecule has 3 heterocycles. The molecule has 3 amide bonds. The SMILES string of the molecule is C[C@@H]1[C@@H]([Si](C)(C)O)[C@H](CC(=O)N(CCO)Cc2ccccc2)O[C@@]12C(=O)N(Cc1cccc(N3CCCCC3=O)c1)c1ccccc12. The van der Waals surface area contributed by atoms with E-state index in [9.17, 15) is 24.3 Å². The van der Waals surface area contributed by atoms with Crippen LogP contribution in [0.15, 0.2) is 78.9 Å². The van der Waals surface area contributed by atoms with E-state index in [1.807, 2.05) is 104 Å². The van der Waals surface area contributed by atoms with Gasteiger partial charge in [-0.05, 0) is 55.3 Å². The second-order valence-corrected chi connectivity index (χ2v) is 17.6. The number of anilines is 2. The van der Waals surface area contributed by atoms with E-state index in [2.05, 4.69) is 0 Å². The predicted octanol–water partition coefficient (Wildman–Crippen LogP) is 4.96. The summed E-state index contributed by atoms with van der Waals surface area (Å²) < 4.78 is 6.87. The Hall–Kier alpha value is -3.83. The average Bonchev–Trinajstić information content (AvgIpc) is 3.48. The largest absolute Gasteiger partial charge is 0.432 e. The Balaban J connectivity index is 1.30. The van der Waals surface area contributed by atoms with E-state index in [0.29, 0.717) is 26.1 Å². The third-order valence-electron chi connectivity index (χ3n) is 10.1. The highest BCUT2D eigenvalue weighted by molar-refractivity contribution is 6.71. The van der Waals surface area contributed by atoms with E-state index in [4.69, 9.17) is 4.74 Å². The number of fused-ring (bicyclic) bond motifs is 2. The summed E-state index contributed by atoms with van der Waals surface area (Å²) in [6, 6.07) is 25.1. The molecule has 6 rings (SSSR count). The van der Waals surface area contributed by atoms with Crippen molar-refractivity contribution in [1.29, 1.82) is 0 Å². The summed E-state index contributed by atoms with van der Waals surface area (Å²) in [7, 11) is -2.97. The second-order valence-electron chi connectivity index (χ2n) is 13.7. The van der Waals surface area contributed by atoms with Crippen LogP contribution in [0, 0.1) is 5.92 Å². The van der Waals surface area contributed by atoms with Gasteiger partial charge < -0.3 is 29.3 Å². The lowest BCUT2D eigenvalue weighted by Crippen LogP contribution is -2.46. The van der Waals surface area contributed by atoms with Crippen molar-refractivity contribution in [3.63, 3.8) is 0 Å². The van der Waals surface area contributed by atoms with E-state index in [1.165, 1.54) is 0 Å². The first-order valence-electron chi connectivity index (χ1n) is 16.7. The highest BCUT2D eigenvalue weighted by Crippen LogP contribution is 2.59. The number of hydrogen-bond acceptors (Lipinski definition) is 6. The minimum absolute atomic E-state index is 0.0120. The van der Waals surface area contributed by atoms with E-state index in [0.717, 1.165) is 40.9 Å². The molecular formula is C37H45N3O6Si. The van der Waals surface area contributed by atoms with Crippen LogP contribution in [0.2, 0.25) is 18.6 Å². The van der Waals surface area contributed by atoms with Crippen LogP contribution < -0.4 is 9.80 Å². The topological polar surface area (TPSA) is 111 Å². The number of carbonyl (C=O) groups is 3. The number of carbonyl (C=O) groups excluding carboxylic acids is 3. The Morgan fingerprint density at radius 2 is 1.72 bits per heavy atom. The van der Waals surface area contributed by atoms with Gasteiger partial charge >= 0.3 is 0 Å². The van der Waals surface area contributed by atoms with Crippen molar-refractivity contribution in [2.45, 2.75) is 76.0 Å². The Morgan fingerprint density at radius 3 is 2.45 bits per heavy atom. The van der Waals surface area contributed by atoms with Gasteiger partial charge in [0.1, 0.15) is 0 Å². The van der Waals surface area contributed by atoms with Gasteiger partial charge in [-0.25, -0.2) is 0 Å². The lowest BCUT2D eigenvalue weighted by molar-refractivity contribution is -0.150. The predicted molar refractivity (Wildman–Crippen MR) is 183 cm³/mol. The minimum atomic E-state index is -2.97. The molecule has 0 bridgehead atoms. The lowest BCUT2D eigenvalue weighted by atomic mass is 9.82. The van der Waals surface area contributed by atoms with Crippen molar-refractivity contribution in [2.75, 3.05) is 29.5 Å². The first-order chi connectivity index (χ1) is 22.5. The Bertz CT molecular complexity index is 1630. The van der Waals surface area contributed by atoms with Crippen molar-refractivity contribution in [1.82, 2.24) is 4.90 Å². The molecule has 2 saturated heterocycles. The van der Waals surface area contributed by atoms with Crippen LogP contribution in [-0.2, 0) is 37.8 Å². The molecular weight excluding hydrogens is 611 g/mol. The van der Waals surface area contributed by atoms with Crippen LogP contribution in [0.4, 0.5) is 11.4 Å². The van der Waals surface area contributed by atoms with E-state index >= 15 is 0 Å². The number of para-hydroxylation sites is 1. The Morgan fingerprint density at radius 1 is 1.00 bits per heavy atom. The number of aliphatic hydroxyl groups excluding tert-OH is 1. The van der Waals surface area contributed by atoms with Gasteiger partial charge in [0.05, 0.1) is 31.4 Å². The molecule has 2 N–H and O–H groups in total. The fourth-order valence-electron chi connectivity index (χ4n) is 7.99. The number of benzene rings is 3. The molecule has 0 aliphatic carbocycles. The van der Waals surface area contributed by atoms with Crippen molar-refractivity contribution in [2.24, 2.45) is 5.92 Å². The minimum Gasteiger partial charge on any atom is -0.432 e. The summed E-state index contributed by atoms with van der Waals surface area (Å²) in [4.78, 5) is 58.1. The smallest absolute Gasteiger partial charge is 0.264 e. The first-order valence-corrected chi connectivity index (χ1v) is 19.7. The van der Waals surface area contributed by atoms with Crippen LogP contribution in [0.3, 0.4) is 0 Å². The van der Waals surface area contributed by atoms with Gasteiger partial charge in [0.25, 0.3) is 5.91 Å². The molecule has 0 aromatic heterocycles. The van der Waals surface area contributed by atoms with Gasteiger partial charge in [0, 0.05) is 48.8 Å². The monoisotopic (exact) mass is 655 g/mol. The summed E-state index contributed by atoms with van der Waals surface area (Å²) >= 11 is 0. The van der Waals surface area contributed by atoms with Gasteiger partial charge in [0.15, 0.2) is 13.9 Å². The molecule has 0 radical (unpaired) electrons. The quantitative estimate of drug-likeness (QED) is 0.299. The van der Waals surface area contributed by atoms with Gasteiger partial charge in [0.2, 0.25) is 11.8 Å². The fourth-order valence-corrected chi connectivity index (χ4v) is 10.5. The van der Waals surface area contributed by atoms with Crippen LogP contribution in [0.25, 0.3) is 0 Å². The number of aliphatic hydroxyl groups is 1. The molecule has 0 saturated carbocycles. The number of nitrogens with zero attached hydrogens (tertiary/aromatic N) is 3. The van der Waals surface area contributed by atoms with E-state index in [1.54, 1.807) is 9.80 Å². The van der Waals surface area contributed by atoms with Crippen molar-refractivity contribution >= 4 is 37.4 Å². The van der Waals surface area contributed by atoms with Crippen LogP contribution in [0.5, 0.6) is 0 Å². The maximum atomic E-state index is 14.8. The zero-order valence-corrected chi connectivity index (χ0v) is 28.5. The molecule has 10 heteroatoms. The zero-order chi connectivity index (χ0) is 33.3. The third kappa shape index (κ3) is 6.27. The number of ether oxygens (including phenoxy) is 1. The zero-order valence-electron chi connectivity index (χ0n) is 27.5.